The van der Waals surface area contributed by atoms with Gasteiger partial charge in [-0.3, -0.25) is 0 Å². The smallest absolute Gasteiger partial charge is 0.0930 e. The van der Waals surface area contributed by atoms with E-state index in [-0.39, 0.29) is 0 Å². The molecule has 39 valence electrons. The minimum atomic E-state index is 0.688. The third kappa shape index (κ3) is 0.904. The first-order valence-electron chi connectivity index (χ1n) is 2.24. The molecule has 0 saturated carbocycles. The van der Waals surface area contributed by atoms with E-state index >= 15 is 0 Å². The molecule has 1 aromatic heterocycles. The van der Waals surface area contributed by atoms with E-state index in [0.29, 0.717) is 5.69 Å². The van der Waals surface area contributed by atoms with Crippen molar-refractivity contribution in [3.05, 3.63) is 36.7 Å². The van der Waals surface area contributed by atoms with Crippen molar-refractivity contribution in [2.75, 3.05) is 0 Å². The average Bonchev–Trinajstić information content (AvgIpc) is 1.90. The molecule has 0 N–H and O–H groups in total. The fourth-order valence-corrected chi connectivity index (χ4v) is 0.396. The molecule has 0 spiro atoms. The summed E-state index contributed by atoms with van der Waals surface area (Å²) in [5.41, 5.74) is 0.688. The Morgan fingerprint density at radius 2 is 2.50 bits per heavy atom. The molecule has 0 aromatic carbocycles. The molecule has 0 fully saturated rings. The number of hydrogen-bond donors (Lipinski definition) is 0. The van der Waals surface area contributed by atoms with Crippen LogP contribution >= 0.6 is 0 Å². The lowest BCUT2D eigenvalue weighted by atomic mass is 10.4. The highest BCUT2D eigenvalue weighted by Crippen LogP contribution is 1.86. The fourth-order valence-electron chi connectivity index (χ4n) is 0.396. The maximum Gasteiger partial charge on any atom is 0.0930 e. The number of rotatable bonds is 1. The Morgan fingerprint density at radius 3 is 2.88 bits per heavy atom. The van der Waals surface area contributed by atoms with Gasteiger partial charge in [-0.05, 0) is 12.1 Å². The van der Waals surface area contributed by atoms with Gasteiger partial charge in [0.2, 0.25) is 0 Å². The third-order valence-corrected chi connectivity index (χ3v) is 0.753. The summed E-state index contributed by atoms with van der Waals surface area (Å²) in [4.78, 5) is 0. The van der Waals surface area contributed by atoms with E-state index in [0.717, 1.165) is 0 Å². The predicted octanol–water partition coefficient (Wildman–Crippen LogP) is 0.814. The zero-order valence-electron chi connectivity index (χ0n) is 4.33. The van der Waals surface area contributed by atoms with Crippen LogP contribution in [0.25, 0.3) is 0 Å². The number of hydrogen-bond acceptors (Lipinski definition) is 2. The van der Waals surface area contributed by atoms with E-state index in [1.165, 1.54) is 0 Å². The van der Waals surface area contributed by atoms with Crippen molar-refractivity contribution in [1.29, 1.82) is 0 Å². The van der Waals surface area contributed by atoms with Crippen LogP contribution in [0.1, 0.15) is 5.69 Å². The summed E-state index contributed by atoms with van der Waals surface area (Å²) in [7, 11) is 0. The molecule has 2 nitrogen and oxygen atoms in total. The third-order valence-electron chi connectivity index (χ3n) is 0.753. The van der Waals surface area contributed by atoms with Crippen LogP contribution in [-0.4, -0.2) is 10.2 Å². The molecule has 1 aromatic rings. The van der Waals surface area contributed by atoms with Gasteiger partial charge in [-0.1, -0.05) is 6.58 Å². The molecule has 2 heteroatoms. The van der Waals surface area contributed by atoms with Crippen molar-refractivity contribution in [1.82, 2.24) is 10.2 Å². The molecular formula is C6H5N2. The van der Waals surface area contributed by atoms with Gasteiger partial charge in [0.25, 0.3) is 0 Å². The second kappa shape index (κ2) is 2.21. The van der Waals surface area contributed by atoms with Crippen molar-refractivity contribution in [3.8, 4) is 0 Å². The van der Waals surface area contributed by atoms with Crippen molar-refractivity contribution in [2.24, 2.45) is 0 Å². The van der Waals surface area contributed by atoms with Gasteiger partial charge in [0, 0.05) is 12.3 Å². The largest absolute Gasteiger partial charge is 0.159 e. The lowest BCUT2D eigenvalue weighted by Gasteiger charge is -1.82. The Labute approximate surface area is 47.9 Å². The Morgan fingerprint density at radius 1 is 1.62 bits per heavy atom. The summed E-state index contributed by atoms with van der Waals surface area (Å²) in [5, 5.41) is 7.28. The summed E-state index contributed by atoms with van der Waals surface area (Å²) < 4.78 is 0. The maximum atomic E-state index is 3.67. The predicted molar refractivity (Wildman–Crippen MR) is 30.0 cm³/mol. The zero-order chi connectivity index (χ0) is 5.82. The van der Waals surface area contributed by atoms with Gasteiger partial charge >= 0.3 is 0 Å². The molecule has 0 aliphatic carbocycles. The molecule has 0 unspecified atom stereocenters. The topological polar surface area (TPSA) is 25.8 Å². The van der Waals surface area contributed by atoms with Crippen LogP contribution in [0.5, 0.6) is 0 Å². The second-order valence-corrected chi connectivity index (χ2v) is 1.29. The summed E-state index contributed by atoms with van der Waals surface area (Å²) in [6, 6.07) is 3.58. The summed E-state index contributed by atoms with van der Waals surface area (Å²) in [6.45, 7) is 3.40. The van der Waals surface area contributed by atoms with Gasteiger partial charge in [-0.2, -0.15) is 10.2 Å². The zero-order valence-corrected chi connectivity index (χ0v) is 4.33. The van der Waals surface area contributed by atoms with Crippen molar-refractivity contribution >= 4 is 0 Å². The highest BCUT2D eigenvalue weighted by atomic mass is 15.1. The molecule has 0 atom stereocenters. The molecule has 0 saturated heterocycles. The summed E-state index contributed by atoms with van der Waals surface area (Å²) >= 11 is 0. The highest BCUT2D eigenvalue weighted by molar-refractivity contribution is 5.06. The lowest BCUT2D eigenvalue weighted by Crippen LogP contribution is -1.81. The summed E-state index contributed by atoms with van der Waals surface area (Å²) in [6.07, 6.45) is 4.22. The van der Waals surface area contributed by atoms with Crippen LogP contribution in [0, 0.1) is 6.08 Å². The molecule has 1 radical (unpaired) electrons. The SMILES string of the molecule is C=[C]c1cccnn1. The van der Waals surface area contributed by atoms with Crippen LogP contribution in [0.15, 0.2) is 24.9 Å². The van der Waals surface area contributed by atoms with E-state index in [2.05, 4.69) is 22.9 Å². The molecule has 0 aliphatic heterocycles. The molecule has 1 heterocycles. The van der Waals surface area contributed by atoms with Gasteiger partial charge < -0.3 is 0 Å². The van der Waals surface area contributed by atoms with E-state index in [9.17, 15) is 0 Å². The normalized spacial score (nSPS) is 8.50. The Balaban J connectivity index is 2.99. The Kier molecular flexibility index (Phi) is 1.37. The Hall–Kier alpha value is -1.18. The summed E-state index contributed by atoms with van der Waals surface area (Å²) in [5.74, 6) is 0. The average molecular weight is 105 g/mol. The molecule has 0 amide bonds. The van der Waals surface area contributed by atoms with Gasteiger partial charge in [-0.15, -0.1) is 0 Å². The first kappa shape index (κ1) is 4.97. The van der Waals surface area contributed by atoms with Gasteiger partial charge in [0.1, 0.15) is 0 Å². The number of aromatic nitrogens is 2. The van der Waals surface area contributed by atoms with Gasteiger partial charge in [-0.25, -0.2) is 0 Å². The molecule has 0 bridgehead atoms. The van der Waals surface area contributed by atoms with Crippen LogP contribution < -0.4 is 0 Å². The van der Waals surface area contributed by atoms with Crippen molar-refractivity contribution in [3.63, 3.8) is 0 Å². The van der Waals surface area contributed by atoms with Crippen LogP contribution in [0.4, 0.5) is 0 Å². The lowest BCUT2D eigenvalue weighted by molar-refractivity contribution is 1.00. The molecule has 1 rings (SSSR count). The van der Waals surface area contributed by atoms with E-state index in [1.807, 2.05) is 0 Å². The maximum absolute atomic E-state index is 3.67. The molecule has 0 aliphatic rings. The minimum absolute atomic E-state index is 0.688. The van der Waals surface area contributed by atoms with Gasteiger partial charge in [0.05, 0.1) is 5.69 Å². The molecular weight excluding hydrogens is 100 g/mol. The molecule has 8 heavy (non-hydrogen) atoms. The van der Waals surface area contributed by atoms with Gasteiger partial charge in [0.15, 0.2) is 0 Å². The first-order chi connectivity index (χ1) is 3.93. The van der Waals surface area contributed by atoms with E-state index in [1.54, 1.807) is 18.3 Å². The standard InChI is InChI=1S/C6H5N2/c1-2-6-4-3-5-7-8-6/h3-5H,1H2. The highest BCUT2D eigenvalue weighted by Gasteiger charge is 1.79. The quantitative estimate of drug-likeness (QED) is 0.528. The van der Waals surface area contributed by atoms with Crippen molar-refractivity contribution < 1.29 is 0 Å². The number of nitrogens with zero attached hydrogens (tertiary/aromatic N) is 2. The second-order valence-electron chi connectivity index (χ2n) is 1.29. The van der Waals surface area contributed by atoms with E-state index in [4.69, 9.17) is 0 Å². The first-order valence-corrected chi connectivity index (χ1v) is 2.24. The minimum Gasteiger partial charge on any atom is -0.159 e. The van der Waals surface area contributed by atoms with Crippen molar-refractivity contribution in [2.45, 2.75) is 0 Å². The fraction of sp³-hybridized carbons (Fsp3) is 0. The van der Waals surface area contributed by atoms with Crippen LogP contribution in [0.3, 0.4) is 0 Å². The van der Waals surface area contributed by atoms with Crippen LogP contribution in [0.2, 0.25) is 0 Å². The Bertz CT molecular complexity index is 169. The monoisotopic (exact) mass is 105 g/mol. The van der Waals surface area contributed by atoms with Crippen LogP contribution in [-0.2, 0) is 0 Å². The van der Waals surface area contributed by atoms with E-state index < -0.39 is 0 Å².